The summed E-state index contributed by atoms with van der Waals surface area (Å²) in [6.45, 7) is 0. The molecule has 0 aliphatic heterocycles. The van der Waals surface area contributed by atoms with Gasteiger partial charge in [0.1, 0.15) is 0 Å². The molecule has 0 aromatic heterocycles. The highest BCUT2D eigenvalue weighted by molar-refractivity contribution is 6.35. The molecule has 1 rings (SSSR count). The summed E-state index contributed by atoms with van der Waals surface area (Å²) in [4.78, 5) is 10.2. The first-order valence-electron chi connectivity index (χ1n) is 3.04. The van der Waals surface area contributed by atoms with E-state index in [2.05, 4.69) is 5.32 Å². The standard InChI is InChI=1S/C7H5Cl2NO2/c8-4-1-2-5(9)6(3-4)10-7(11)12/h1-3,10H,(H,11,12). The second-order valence-electron chi connectivity index (χ2n) is 2.05. The van der Waals surface area contributed by atoms with Gasteiger partial charge in [0.15, 0.2) is 0 Å². The predicted molar refractivity (Wildman–Crippen MR) is 48.1 cm³/mol. The molecule has 0 aliphatic carbocycles. The molecular weight excluding hydrogens is 201 g/mol. The molecule has 0 bridgehead atoms. The van der Waals surface area contributed by atoms with Gasteiger partial charge in [0.25, 0.3) is 0 Å². The van der Waals surface area contributed by atoms with Gasteiger partial charge in [-0.15, -0.1) is 0 Å². The number of amides is 1. The maximum absolute atomic E-state index is 10.2. The molecule has 64 valence electrons. The summed E-state index contributed by atoms with van der Waals surface area (Å²) in [5.41, 5.74) is 0.289. The van der Waals surface area contributed by atoms with Crippen LogP contribution in [0.3, 0.4) is 0 Å². The molecule has 5 heteroatoms. The lowest BCUT2D eigenvalue weighted by Gasteiger charge is -2.02. The summed E-state index contributed by atoms with van der Waals surface area (Å²) in [7, 11) is 0. The van der Waals surface area contributed by atoms with E-state index in [9.17, 15) is 4.79 Å². The Kier molecular flexibility index (Phi) is 2.78. The van der Waals surface area contributed by atoms with Gasteiger partial charge in [-0.2, -0.15) is 0 Å². The molecule has 0 spiro atoms. The van der Waals surface area contributed by atoms with Gasteiger partial charge in [-0.05, 0) is 18.2 Å². The third kappa shape index (κ3) is 2.29. The summed E-state index contributed by atoms with van der Waals surface area (Å²) >= 11 is 11.3. The second kappa shape index (κ2) is 3.65. The lowest BCUT2D eigenvalue weighted by Crippen LogP contribution is -2.07. The first-order valence-corrected chi connectivity index (χ1v) is 3.80. The van der Waals surface area contributed by atoms with E-state index in [0.29, 0.717) is 10.0 Å². The molecule has 0 saturated carbocycles. The van der Waals surface area contributed by atoms with Crippen LogP contribution in [0.5, 0.6) is 0 Å². The summed E-state index contributed by atoms with van der Waals surface area (Å²) in [5.74, 6) is 0. The van der Waals surface area contributed by atoms with Gasteiger partial charge in [-0.25, -0.2) is 4.79 Å². The first-order chi connectivity index (χ1) is 5.59. The Morgan fingerprint density at radius 1 is 1.42 bits per heavy atom. The minimum Gasteiger partial charge on any atom is -0.465 e. The lowest BCUT2D eigenvalue weighted by atomic mass is 10.3. The largest absolute Gasteiger partial charge is 0.465 e. The smallest absolute Gasteiger partial charge is 0.409 e. The molecule has 0 radical (unpaired) electrons. The average Bonchev–Trinajstić information content (AvgIpc) is 1.96. The Morgan fingerprint density at radius 2 is 2.08 bits per heavy atom. The number of hydrogen-bond donors (Lipinski definition) is 2. The number of nitrogens with one attached hydrogen (secondary N) is 1. The van der Waals surface area contributed by atoms with E-state index in [1.807, 2.05) is 0 Å². The number of hydrogen-bond acceptors (Lipinski definition) is 1. The zero-order valence-corrected chi connectivity index (χ0v) is 7.36. The molecular formula is C7H5Cl2NO2. The van der Waals surface area contributed by atoms with Crippen molar-refractivity contribution in [2.45, 2.75) is 0 Å². The summed E-state index contributed by atoms with van der Waals surface area (Å²) in [6, 6.07) is 4.55. The fourth-order valence-electron chi connectivity index (χ4n) is 0.708. The molecule has 0 aliphatic rings. The predicted octanol–water partition coefficient (Wildman–Crippen LogP) is 3.08. The molecule has 1 amide bonds. The van der Waals surface area contributed by atoms with Crippen molar-refractivity contribution in [2.75, 3.05) is 5.32 Å². The molecule has 3 nitrogen and oxygen atoms in total. The van der Waals surface area contributed by atoms with E-state index in [1.165, 1.54) is 12.1 Å². The van der Waals surface area contributed by atoms with Crippen molar-refractivity contribution >= 4 is 35.0 Å². The van der Waals surface area contributed by atoms with Crippen molar-refractivity contribution in [3.63, 3.8) is 0 Å². The Balaban J connectivity index is 2.97. The number of rotatable bonds is 1. The molecule has 12 heavy (non-hydrogen) atoms. The Labute approximate surface area is 78.9 Å². The van der Waals surface area contributed by atoms with E-state index in [4.69, 9.17) is 28.3 Å². The third-order valence-electron chi connectivity index (χ3n) is 1.17. The van der Waals surface area contributed by atoms with E-state index >= 15 is 0 Å². The van der Waals surface area contributed by atoms with Crippen LogP contribution in [0.25, 0.3) is 0 Å². The number of halogens is 2. The highest BCUT2D eigenvalue weighted by Gasteiger charge is 2.03. The van der Waals surface area contributed by atoms with E-state index < -0.39 is 6.09 Å². The van der Waals surface area contributed by atoms with Crippen molar-refractivity contribution in [1.82, 2.24) is 0 Å². The zero-order chi connectivity index (χ0) is 9.14. The van der Waals surface area contributed by atoms with E-state index in [1.54, 1.807) is 6.07 Å². The quantitative estimate of drug-likeness (QED) is 0.741. The number of anilines is 1. The third-order valence-corrected chi connectivity index (χ3v) is 1.73. The van der Waals surface area contributed by atoms with E-state index in [-0.39, 0.29) is 5.69 Å². The van der Waals surface area contributed by atoms with Crippen LogP contribution < -0.4 is 5.32 Å². The van der Waals surface area contributed by atoms with Crippen molar-refractivity contribution in [1.29, 1.82) is 0 Å². The van der Waals surface area contributed by atoms with Gasteiger partial charge in [0, 0.05) is 5.02 Å². The first kappa shape index (κ1) is 9.16. The van der Waals surface area contributed by atoms with Crippen LogP contribution in [0, 0.1) is 0 Å². The summed E-state index contributed by atoms with van der Waals surface area (Å²) in [5, 5.41) is 11.2. The van der Waals surface area contributed by atoms with Crippen LogP contribution in [-0.2, 0) is 0 Å². The van der Waals surface area contributed by atoms with Crippen LogP contribution in [0.15, 0.2) is 18.2 Å². The molecule has 0 saturated heterocycles. The normalized spacial score (nSPS) is 9.50. The Bertz CT molecular complexity index is 314. The molecule has 0 fully saturated rings. The Hall–Kier alpha value is -0.930. The van der Waals surface area contributed by atoms with Gasteiger partial charge in [-0.3, -0.25) is 5.32 Å². The van der Waals surface area contributed by atoms with Crippen molar-refractivity contribution < 1.29 is 9.90 Å². The van der Waals surface area contributed by atoms with Gasteiger partial charge < -0.3 is 5.11 Å². The lowest BCUT2D eigenvalue weighted by molar-refractivity contribution is 0.210. The monoisotopic (exact) mass is 205 g/mol. The molecule has 2 N–H and O–H groups in total. The van der Waals surface area contributed by atoms with Crippen LogP contribution in [0.1, 0.15) is 0 Å². The van der Waals surface area contributed by atoms with Gasteiger partial charge in [0.05, 0.1) is 10.7 Å². The number of carboxylic acid groups (broad SMARTS) is 1. The maximum Gasteiger partial charge on any atom is 0.409 e. The molecule has 0 atom stereocenters. The average molecular weight is 206 g/mol. The van der Waals surface area contributed by atoms with Crippen molar-refractivity contribution in [3.05, 3.63) is 28.2 Å². The van der Waals surface area contributed by atoms with Gasteiger partial charge in [0.2, 0.25) is 0 Å². The number of carbonyl (C=O) groups is 1. The Morgan fingerprint density at radius 3 is 2.67 bits per heavy atom. The highest BCUT2D eigenvalue weighted by Crippen LogP contribution is 2.24. The van der Waals surface area contributed by atoms with Gasteiger partial charge >= 0.3 is 6.09 Å². The summed E-state index contributed by atoms with van der Waals surface area (Å²) < 4.78 is 0. The zero-order valence-electron chi connectivity index (χ0n) is 5.84. The second-order valence-corrected chi connectivity index (χ2v) is 2.90. The topological polar surface area (TPSA) is 49.3 Å². The molecule has 1 aromatic carbocycles. The molecule has 1 aromatic rings. The molecule has 0 unspecified atom stereocenters. The molecule has 0 heterocycles. The summed E-state index contributed by atoms with van der Waals surface area (Å²) in [6.07, 6.45) is -1.17. The van der Waals surface area contributed by atoms with Crippen LogP contribution in [0.4, 0.5) is 10.5 Å². The van der Waals surface area contributed by atoms with Crippen LogP contribution in [-0.4, -0.2) is 11.2 Å². The van der Waals surface area contributed by atoms with Crippen LogP contribution >= 0.6 is 23.2 Å². The SMILES string of the molecule is O=C(O)Nc1cc(Cl)ccc1Cl. The fourth-order valence-corrected chi connectivity index (χ4v) is 1.05. The minimum atomic E-state index is -1.17. The van der Waals surface area contributed by atoms with Gasteiger partial charge in [-0.1, -0.05) is 23.2 Å². The fraction of sp³-hybridized carbons (Fsp3) is 0. The van der Waals surface area contributed by atoms with Crippen molar-refractivity contribution in [3.8, 4) is 0 Å². The van der Waals surface area contributed by atoms with Crippen LogP contribution in [0.2, 0.25) is 10.0 Å². The number of benzene rings is 1. The highest BCUT2D eigenvalue weighted by atomic mass is 35.5. The maximum atomic E-state index is 10.2. The minimum absolute atomic E-state index is 0.289. The van der Waals surface area contributed by atoms with E-state index in [0.717, 1.165) is 0 Å². The van der Waals surface area contributed by atoms with Crippen molar-refractivity contribution in [2.24, 2.45) is 0 Å².